The van der Waals surface area contributed by atoms with Gasteiger partial charge < -0.3 is 10.2 Å². The molecule has 1 amide bonds. The Morgan fingerprint density at radius 3 is 1.37 bits per heavy atom. The van der Waals surface area contributed by atoms with Crippen molar-refractivity contribution in [2.24, 2.45) is 0 Å². The van der Waals surface area contributed by atoms with Gasteiger partial charge in [0.25, 0.3) is 0 Å². The molecule has 0 aliphatic carbocycles. The van der Waals surface area contributed by atoms with Crippen LogP contribution in [0, 0.1) is 0 Å². The summed E-state index contributed by atoms with van der Waals surface area (Å²) in [4.78, 5) is 18.0. The molecule has 49 heavy (non-hydrogen) atoms. The van der Waals surface area contributed by atoms with Crippen molar-refractivity contribution >= 4 is 17.9 Å². The van der Waals surface area contributed by atoms with Crippen molar-refractivity contribution in [3.63, 3.8) is 0 Å². The fraction of sp³-hybridized carbons (Fsp3) is 0.976. The summed E-state index contributed by atoms with van der Waals surface area (Å²) in [5.74, 6) is 1.17. The molecule has 0 spiro atoms. The predicted octanol–water partition coefficient (Wildman–Crippen LogP) is 11.8. The summed E-state index contributed by atoms with van der Waals surface area (Å²) >= 11 is 1.27. The Morgan fingerprint density at radius 1 is 0.510 bits per heavy atom. The van der Waals surface area contributed by atoms with Crippen molar-refractivity contribution in [3.05, 3.63) is 0 Å². The SMILES string of the molecule is CCCCCCCCCCCCCCCCCC(=O)NCCC[NH+](C)C.CCCCCCCCCOOOOSCCCCCCCCC. The van der Waals surface area contributed by atoms with Gasteiger partial charge in [0.15, 0.2) is 0 Å². The van der Waals surface area contributed by atoms with Gasteiger partial charge in [-0.25, -0.2) is 4.89 Å². The van der Waals surface area contributed by atoms with Gasteiger partial charge >= 0.3 is 0 Å². The quantitative estimate of drug-likeness (QED) is 0.0284. The highest BCUT2D eigenvalue weighted by atomic mass is 32.2. The van der Waals surface area contributed by atoms with Crippen LogP contribution in [0.25, 0.3) is 0 Å². The molecule has 0 aromatic carbocycles. The van der Waals surface area contributed by atoms with E-state index in [-0.39, 0.29) is 5.91 Å². The summed E-state index contributed by atoms with van der Waals surface area (Å²) in [6.45, 7) is 9.28. The second-order valence-corrected chi connectivity index (χ2v) is 15.2. The van der Waals surface area contributed by atoms with E-state index < -0.39 is 0 Å². The van der Waals surface area contributed by atoms with Crippen LogP contribution < -0.4 is 10.2 Å². The molecule has 0 heterocycles. The summed E-state index contributed by atoms with van der Waals surface area (Å²) in [6, 6.07) is 0. The molecular weight excluding hydrogens is 633 g/mol. The highest BCUT2D eigenvalue weighted by Crippen LogP contribution is 2.14. The Balaban J connectivity index is 0. The van der Waals surface area contributed by atoms with Crippen LogP contribution in [0.2, 0.25) is 0 Å². The minimum absolute atomic E-state index is 0.244. The van der Waals surface area contributed by atoms with Gasteiger partial charge in [0.05, 0.1) is 27.2 Å². The van der Waals surface area contributed by atoms with E-state index in [1.165, 1.54) is 184 Å². The number of carbonyl (C=O) groups is 1. The van der Waals surface area contributed by atoms with Crippen molar-refractivity contribution in [2.75, 3.05) is 39.5 Å². The smallest absolute Gasteiger partial charge is 0.219 e. The Labute approximate surface area is 310 Å². The maximum Gasteiger partial charge on any atom is 0.219 e. The number of amides is 1. The number of nitrogens with one attached hydrogen (secondary N) is 2. The lowest BCUT2D eigenvalue weighted by Gasteiger charge is -2.08. The normalized spacial score (nSPS) is 11.2. The molecular formula is C41H87N2O5S+. The zero-order chi connectivity index (χ0) is 36.1. The van der Waals surface area contributed by atoms with Crippen molar-refractivity contribution in [2.45, 2.75) is 220 Å². The Hall–Kier alpha value is -0.380. The van der Waals surface area contributed by atoms with Gasteiger partial charge in [0, 0.05) is 37.2 Å². The highest BCUT2D eigenvalue weighted by molar-refractivity contribution is 7.94. The Bertz CT molecular complexity index is 580. The molecule has 0 aromatic heterocycles. The van der Waals surface area contributed by atoms with Crippen molar-refractivity contribution in [1.29, 1.82) is 0 Å². The van der Waals surface area contributed by atoms with Crippen LogP contribution in [0.3, 0.4) is 0 Å². The largest absolute Gasteiger partial charge is 0.356 e. The Kier molecular flexibility index (Phi) is 49.3. The van der Waals surface area contributed by atoms with Gasteiger partial charge in [-0.1, -0.05) is 188 Å². The van der Waals surface area contributed by atoms with Crippen LogP contribution in [0.15, 0.2) is 0 Å². The molecule has 7 nitrogen and oxygen atoms in total. The first-order valence-corrected chi connectivity index (χ1v) is 22.3. The minimum Gasteiger partial charge on any atom is -0.356 e. The highest BCUT2D eigenvalue weighted by Gasteiger charge is 2.02. The van der Waals surface area contributed by atoms with Crippen LogP contribution in [0.1, 0.15) is 220 Å². The number of unbranched alkanes of at least 4 members (excludes halogenated alkanes) is 26. The summed E-state index contributed by atoms with van der Waals surface area (Å²) in [5.41, 5.74) is 0. The van der Waals surface area contributed by atoms with E-state index in [2.05, 4.69) is 50.3 Å². The summed E-state index contributed by atoms with van der Waals surface area (Å²) in [6.07, 6.45) is 40.3. The second kappa shape index (κ2) is 47.6. The lowest BCUT2D eigenvalue weighted by Crippen LogP contribution is -3.05. The van der Waals surface area contributed by atoms with E-state index in [9.17, 15) is 4.79 Å². The molecule has 8 heteroatoms. The van der Waals surface area contributed by atoms with Gasteiger partial charge in [-0.05, 0) is 29.3 Å². The molecule has 0 bridgehead atoms. The fourth-order valence-electron chi connectivity index (χ4n) is 5.77. The molecule has 0 rings (SSSR count). The zero-order valence-corrected chi connectivity index (χ0v) is 34.5. The monoisotopic (exact) mass is 720 g/mol. The fourth-order valence-corrected chi connectivity index (χ4v) is 6.22. The molecule has 0 saturated heterocycles. The average molecular weight is 720 g/mol. The molecule has 0 aliphatic rings. The molecule has 0 aromatic rings. The maximum absolute atomic E-state index is 11.7. The minimum atomic E-state index is 0.244. The molecule has 0 fully saturated rings. The van der Waals surface area contributed by atoms with E-state index in [4.69, 9.17) is 9.22 Å². The molecule has 0 radical (unpaired) electrons. The third-order valence-corrected chi connectivity index (χ3v) is 9.60. The van der Waals surface area contributed by atoms with Gasteiger partial charge in [-0.2, -0.15) is 0 Å². The van der Waals surface area contributed by atoms with E-state index in [1.807, 2.05) is 0 Å². The average Bonchev–Trinajstić information content (AvgIpc) is 3.09. The molecule has 0 atom stereocenters. The van der Waals surface area contributed by atoms with Crippen molar-refractivity contribution in [1.82, 2.24) is 5.32 Å². The number of hydrogen-bond acceptors (Lipinski definition) is 6. The van der Waals surface area contributed by atoms with Gasteiger partial charge in [0.2, 0.25) is 5.91 Å². The lowest BCUT2D eigenvalue weighted by molar-refractivity contribution is -0.858. The standard InChI is InChI=1S/C23H48N2O.C18H38O4S/c1-4-5-6-7-8-9-10-11-12-13-14-15-16-17-18-20-23(26)24-21-19-22-25(2)3;1-3-5-7-9-11-13-15-17-19-20-21-22-23-18-16-14-12-10-8-6-4-2/h4-22H2,1-3H3,(H,24,26);3-18H2,1-2H3/p+1. The first-order chi connectivity index (χ1) is 24.1. The van der Waals surface area contributed by atoms with Crippen LogP contribution >= 0.6 is 12.0 Å². The van der Waals surface area contributed by atoms with E-state index in [0.717, 1.165) is 44.5 Å². The second-order valence-electron chi connectivity index (χ2n) is 14.5. The van der Waals surface area contributed by atoms with E-state index in [1.54, 1.807) is 0 Å². The lowest BCUT2D eigenvalue weighted by atomic mass is 10.0. The summed E-state index contributed by atoms with van der Waals surface area (Å²) in [7, 11) is 4.30. The first-order valence-electron chi connectivity index (χ1n) is 21.4. The third kappa shape index (κ3) is 52.1. The van der Waals surface area contributed by atoms with Crippen LogP contribution in [-0.4, -0.2) is 45.5 Å². The zero-order valence-electron chi connectivity index (χ0n) is 33.7. The Morgan fingerprint density at radius 2 is 0.918 bits per heavy atom. The van der Waals surface area contributed by atoms with Gasteiger partial charge in [0.1, 0.15) is 0 Å². The van der Waals surface area contributed by atoms with E-state index in [0.29, 0.717) is 13.0 Å². The molecule has 0 saturated carbocycles. The van der Waals surface area contributed by atoms with Crippen LogP contribution in [0.4, 0.5) is 0 Å². The molecule has 296 valence electrons. The van der Waals surface area contributed by atoms with Crippen molar-refractivity contribution < 1.29 is 29.0 Å². The van der Waals surface area contributed by atoms with E-state index >= 15 is 0 Å². The van der Waals surface area contributed by atoms with Crippen LogP contribution in [0.5, 0.6) is 0 Å². The number of hydrogen-bond donors (Lipinski definition) is 2. The predicted molar refractivity (Wildman–Crippen MR) is 213 cm³/mol. The van der Waals surface area contributed by atoms with Crippen molar-refractivity contribution in [3.8, 4) is 0 Å². The number of rotatable bonds is 40. The third-order valence-electron chi connectivity index (χ3n) is 9.00. The number of quaternary nitrogens is 1. The van der Waals surface area contributed by atoms with Gasteiger partial charge in [-0.15, -0.1) is 4.33 Å². The summed E-state index contributed by atoms with van der Waals surface area (Å²) in [5, 5.41) is 12.0. The molecule has 2 N–H and O–H groups in total. The number of carbonyl (C=O) groups excluding carboxylic acids is 1. The topological polar surface area (TPSA) is 70.5 Å². The molecule has 0 aliphatic heterocycles. The maximum atomic E-state index is 11.7. The van der Waals surface area contributed by atoms with Gasteiger partial charge in [-0.3, -0.25) is 4.79 Å². The first kappa shape index (κ1) is 50.7. The summed E-state index contributed by atoms with van der Waals surface area (Å²) < 4.78 is 4.82. The van der Waals surface area contributed by atoms with Crippen LogP contribution in [-0.2, 0) is 24.1 Å². The molecule has 0 unspecified atom stereocenters.